The number of hydrogen-bond acceptors (Lipinski definition) is 6. The molecule has 150 valence electrons. The Morgan fingerprint density at radius 3 is 2.50 bits per heavy atom. The van der Waals surface area contributed by atoms with E-state index in [2.05, 4.69) is 35.3 Å². The smallest absolute Gasteiger partial charge is 0.171 e. The van der Waals surface area contributed by atoms with E-state index in [1.807, 2.05) is 24.4 Å². The highest BCUT2D eigenvalue weighted by Gasteiger charge is 2.20. The number of methoxy groups -OCH3 is 3. The van der Waals surface area contributed by atoms with Crippen molar-refractivity contribution in [3.05, 3.63) is 60.8 Å². The van der Waals surface area contributed by atoms with Gasteiger partial charge in [-0.1, -0.05) is 18.2 Å². The van der Waals surface area contributed by atoms with Gasteiger partial charge in [-0.2, -0.15) is 0 Å². The third-order valence-electron chi connectivity index (χ3n) is 5.06. The van der Waals surface area contributed by atoms with Crippen LogP contribution in [0, 0.1) is 0 Å². The largest absolute Gasteiger partial charge is 0.497 e. The average molecular weight is 417 g/mol. The molecule has 30 heavy (non-hydrogen) atoms. The third-order valence-corrected chi connectivity index (χ3v) is 6.21. The maximum absolute atomic E-state index is 6.33. The van der Waals surface area contributed by atoms with Crippen molar-refractivity contribution >= 4 is 32.5 Å². The van der Waals surface area contributed by atoms with Crippen molar-refractivity contribution in [2.24, 2.45) is 0 Å². The fourth-order valence-electron chi connectivity index (χ4n) is 3.62. The Balaban J connectivity index is 1.71. The van der Waals surface area contributed by atoms with Gasteiger partial charge in [-0.25, -0.2) is 0 Å². The van der Waals surface area contributed by atoms with Crippen LogP contribution >= 0.6 is 11.3 Å². The first-order valence-corrected chi connectivity index (χ1v) is 10.2. The summed E-state index contributed by atoms with van der Waals surface area (Å²) in [6.45, 7) is 0. The zero-order valence-corrected chi connectivity index (χ0v) is 17.6. The van der Waals surface area contributed by atoms with Crippen LogP contribution in [0.1, 0.15) is 0 Å². The molecule has 0 spiro atoms. The maximum atomic E-state index is 6.33. The van der Waals surface area contributed by atoms with E-state index in [-0.39, 0.29) is 0 Å². The lowest BCUT2D eigenvalue weighted by atomic mass is 10.1. The highest BCUT2D eigenvalue weighted by atomic mass is 32.1. The van der Waals surface area contributed by atoms with Gasteiger partial charge in [0.2, 0.25) is 0 Å². The Morgan fingerprint density at radius 1 is 0.867 bits per heavy atom. The first-order chi connectivity index (χ1) is 14.7. The van der Waals surface area contributed by atoms with Crippen molar-refractivity contribution in [3.8, 4) is 39.0 Å². The summed E-state index contributed by atoms with van der Waals surface area (Å²) in [5, 5.41) is 1.22. The highest BCUT2D eigenvalue weighted by molar-refractivity contribution is 7.22. The van der Waals surface area contributed by atoms with Gasteiger partial charge in [0.25, 0.3) is 0 Å². The second-order valence-corrected chi connectivity index (χ2v) is 7.83. The molecule has 0 radical (unpaired) electrons. The topological polar surface area (TPSA) is 53.7 Å². The number of rotatable bonds is 5. The Morgan fingerprint density at radius 2 is 1.73 bits per heavy atom. The van der Waals surface area contributed by atoms with E-state index in [1.165, 1.54) is 10.1 Å². The Hall–Kier alpha value is -3.51. The van der Waals surface area contributed by atoms with Gasteiger partial charge >= 0.3 is 0 Å². The SMILES string of the molecule is COc1cc(OC)c(OC)c(-c2cc3nccc(-c4cc5ccccc5s4)c3o2)c1. The first-order valence-electron chi connectivity index (χ1n) is 9.39. The lowest BCUT2D eigenvalue weighted by molar-refractivity contribution is 0.349. The van der Waals surface area contributed by atoms with Crippen LogP contribution in [0.3, 0.4) is 0 Å². The van der Waals surface area contributed by atoms with E-state index in [9.17, 15) is 0 Å². The lowest BCUT2D eigenvalue weighted by Crippen LogP contribution is -1.94. The molecule has 0 amide bonds. The number of benzene rings is 2. The number of furan rings is 1. The summed E-state index contributed by atoms with van der Waals surface area (Å²) < 4.78 is 24.1. The second-order valence-electron chi connectivity index (χ2n) is 6.74. The van der Waals surface area contributed by atoms with Crippen LogP contribution in [-0.2, 0) is 0 Å². The van der Waals surface area contributed by atoms with Gasteiger partial charge in [-0.3, -0.25) is 4.98 Å². The quantitative estimate of drug-likeness (QED) is 0.331. The van der Waals surface area contributed by atoms with Crippen molar-refractivity contribution in [3.63, 3.8) is 0 Å². The summed E-state index contributed by atoms with van der Waals surface area (Å²) in [5.74, 6) is 2.45. The van der Waals surface area contributed by atoms with Crippen molar-refractivity contribution in [1.82, 2.24) is 4.98 Å². The molecular formula is C24H19NO4S. The monoisotopic (exact) mass is 417 g/mol. The van der Waals surface area contributed by atoms with E-state index in [0.29, 0.717) is 23.0 Å². The fourth-order valence-corrected chi connectivity index (χ4v) is 4.70. The molecule has 5 aromatic rings. The van der Waals surface area contributed by atoms with E-state index in [4.69, 9.17) is 18.6 Å². The van der Waals surface area contributed by atoms with Crippen LogP contribution in [0.15, 0.2) is 65.2 Å². The molecular weight excluding hydrogens is 398 g/mol. The predicted molar refractivity (Wildman–Crippen MR) is 120 cm³/mol. The molecule has 0 aliphatic carbocycles. The molecule has 0 saturated heterocycles. The zero-order chi connectivity index (χ0) is 20.7. The Kier molecular flexibility index (Phi) is 4.56. The molecule has 0 aliphatic heterocycles. The number of nitrogens with zero attached hydrogens (tertiary/aromatic N) is 1. The van der Waals surface area contributed by atoms with Crippen LogP contribution < -0.4 is 14.2 Å². The van der Waals surface area contributed by atoms with Gasteiger partial charge in [0, 0.05) is 33.5 Å². The average Bonchev–Trinajstić information content (AvgIpc) is 3.41. The number of fused-ring (bicyclic) bond motifs is 2. The first kappa shape index (κ1) is 18.5. The predicted octanol–water partition coefficient (Wildman–Crippen LogP) is 6.40. The number of thiophene rings is 1. The van der Waals surface area contributed by atoms with Gasteiger partial charge in [-0.05, 0) is 29.7 Å². The molecule has 5 nitrogen and oxygen atoms in total. The van der Waals surface area contributed by atoms with Gasteiger partial charge in [0.05, 0.1) is 26.9 Å². The maximum Gasteiger partial charge on any atom is 0.171 e. The number of pyridine rings is 1. The van der Waals surface area contributed by atoms with Gasteiger partial charge in [0.15, 0.2) is 17.1 Å². The molecule has 0 N–H and O–H groups in total. The summed E-state index contributed by atoms with van der Waals surface area (Å²) in [6, 6.07) is 18.1. The molecule has 0 aliphatic rings. The van der Waals surface area contributed by atoms with Gasteiger partial charge in [0.1, 0.15) is 17.0 Å². The van der Waals surface area contributed by atoms with Crippen LogP contribution in [0.25, 0.3) is 43.0 Å². The fraction of sp³-hybridized carbons (Fsp3) is 0.125. The van der Waals surface area contributed by atoms with Crippen molar-refractivity contribution in [2.45, 2.75) is 0 Å². The van der Waals surface area contributed by atoms with Gasteiger partial charge < -0.3 is 18.6 Å². The summed E-state index contributed by atoms with van der Waals surface area (Å²) in [5.41, 5.74) is 3.28. The van der Waals surface area contributed by atoms with E-state index < -0.39 is 0 Å². The Labute approximate surface area is 177 Å². The van der Waals surface area contributed by atoms with E-state index in [1.54, 1.807) is 38.7 Å². The van der Waals surface area contributed by atoms with Crippen molar-refractivity contribution in [2.75, 3.05) is 21.3 Å². The summed E-state index contributed by atoms with van der Waals surface area (Å²) in [4.78, 5) is 5.65. The molecule has 6 heteroatoms. The van der Waals surface area contributed by atoms with Crippen LogP contribution in [-0.4, -0.2) is 26.3 Å². The van der Waals surface area contributed by atoms with E-state index in [0.717, 1.165) is 27.1 Å². The molecule has 3 aromatic heterocycles. The van der Waals surface area contributed by atoms with Crippen LogP contribution in [0.5, 0.6) is 17.2 Å². The summed E-state index contributed by atoms with van der Waals surface area (Å²) in [6.07, 6.45) is 1.81. The summed E-state index contributed by atoms with van der Waals surface area (Å²) in [7, 11) is 4.82. The minimum Gasteiger partial charge on any atom is -0.497 e. The molecule has 0 unspecified atom stereocenters. The van der Waals surface area contributed by atoms with Crippen LogP contribution in [0.4, 0.5) is 0 Å². The molecule has 0 bridgehead atoms. The molecule has 3 heterocycles. The third kappa shape index (κ3) is 2.97. The lowest BCUT2D eigenvalue weighted by Gasteiger charge is -2.13. The van der Waals surface area contributed by atoms with Gasteiger partial charge in [-0.15, -0.1) is 11.3 Å². The molecule has 0 saturated carbocycles. The molecule has 0 fully saturated rings. The van der Waals surface area contributed by atoms with Crippen LogP contribution in [0.2, 0.25) is 0 Å². The Bertz CT molecular complexity index is 1340. The minimum absolute atomic E-state index is 0.574. The van der Waals surface area contributed by atoms with Crippen molar-refractivity contribution in [1.29, 1.82) is 0 Å². The second kappa shape index (κ2) is 7.39. The summed E-state index contributed by atoms with van der Waals surface area (Å²) >= 11 is 1.74. The highest BCUT2D eigenvalue weighted by Crippen LogP contribution is 2.44. The minimum atomic E-state index is 0.574. The number of hydrogen-bond donors (Lipinski definition) is 0. The van der Waals surface area contributed by atoms with Crippen molar-refractivity contribution < 1.29 is 18.6 Å². The number of aromatic nitrogens is 1. The molecule has 5 rings (SSSR count). The zero-order valence-electron chi connectivity index (χ0n) is 16.8. The number of ether oxygens (including phenoxy) is 3. The normalized spacial score (nSPS) is 11.2. The molecule has 2 aromatic carbocycles. The molecule has 0 atom stereocenters. The standard InChI is InChI=1S/C24H19NO4S/c1-26-15-11-17(24(28-3)20(12-15)27-2)19-13-18-23(29-19)16(8-9-25-18)22-10-14-6-4-5-7-21(14)30-22/h4-13H,1-3H3. The van der Waals surface area contributed by atoms with E-state index >= 15 is 0 Å².